The van der Waals surface area contributed by atoms with Crippen LogP contribution in [0.1, 0.15) is 355 Å². The molecule has 0 saturated carbocycles. The van der Waals surface area contributed by atoms with E-state index in [0.717, 1.165) is 103 Å². The number of unbranched alkanes of at least 4 members (excludes halogenated alkanes) is 39. The molecular formula is C75H132O6. The predicted molar refractivity (Wildman–Crippen MR) is 353 cm³/mol. The van der Waals surface area contributed by atoms with E-state index < -0.39 is 6.10 Å². The van der Waals surface area contributed by atoms with Gasteiger partial charge in [-0.1, -0.05) is 324 Å². The molecule has 0 aromatic rings. The second-order valence-corrected chi connectivity index (χ2v) is 23.4. The summed E-state index contributed by atoms with van der Waals surface area (Å²) in [5, 5.41) is 0. The summed E-state index contributed by atoms with van der Waals surface area (Å²) in [5.41, 5.74) is 0. The maximum atomic E-state index is 12.9. The van der Waals surface area contributed by atoms with Gasteiger partial charge in [-0.05, 0) is 96.3 Å². The molecule has 0 aromatic heterocycles. The lowest BCUT2D eigenvalue weighted by molar-refractivity contribution is -0.167. The maximum Gasteiger partial charge on any atom is 0.306 e. The molecular weight excluding hydrogens is 997 g/mol. The number of hydrogen-bond acceptors (Lipinski definition) is 6. The average molecular weight is 1130 g/mol. The van der Waals surface area contributed by atoms with Crippen LogP contribution in [0.3, 0.4) is 0 Å². The summed E-state index contributed by atoms with van der Waals surface area (Å²) in [7, 11) is 0. The van der Waals surface area contributed by atoms with Gasteiger partial charge in [0.1, 0.15) is 13.2 Å². The lowest BCUT2D eigenvalue weighted by atomic mass is 10.0. The maximum absolute atomic E-state index is 12.9. The summed E-state index contributed by atoms with van der Waals surface area (Å²) in [6, 6.07) is 0. The normalized spacial score (nSPS) is 12.6. The van der Waals surface area contributed by atoms with E-state index in [1.807, 2.05) is 0 Å². The third-order valence-electron chi connectivity index (χ3n) is 15.4. The zero-order valence-electron chi connectivity index (χ0n) is 53.8. The van der Waals surface area contributed by atoms with Gasteiger partial charge in [-0.15, -0.1) is 0 Å². The Hall–Kier alpha value is -3.41. The monoisotopic (exact) mass is 1130 g/mol. The number of allylic oxidation sites excluding steroid dienone is 14. The first-order valence-electron chi connectivity index (χ1n) is 35.1. The van der Waals surface area contributed by atoms with Crippen molar-refractivity contribution in [3.63, 3.8) is 0 Å². The molecule has 0 saturated heterocycles. The molecule has 0 aliphatic rings. The standard InChI is InChI=1S/C75H132O6/c1-4-7-10-13-16-19-22-24-26-28-30-31-32-33-34-35-36-37-38-39-40-41-42-43-45-46-48-50-53-56-59-62-65-68-74(77)80-71-72(70-79-73(76)67-64-61-58-55-52-21-18-15-12-9-6-3)81-75(78)69-66-63-60-57-54-51-49-47-44-29-27-25-23-20-17-14-11-8-5-2/h8,11,17,20,22,24-25,27-28,30,44,47,51,54,72H,4-7,9-10,12-16,18-19,21,23,26,29,31-43,45-46,48-50,52-53,55-71H2,1-3H3/b11-8-,20-17-,24-22-,27-25-,30-28-,47-44-,54-51-. The minimum atomic E-state index is -0.792. The van der Waals surface area contributed by atoms with Crippen molar-refractivity contribution in [2.24, 2.45) is 0 Å². The number of carbonyl (C=O) groups excluding carboxylic acids is 3. The van der Waals surface area contributed by atoms with Crippen LogP contribution in [-0.4, -0.2) is 37.2 Å². The summed E-state index contributed by atoms with van der Waals surface area (Å²) >= 11 is 0. The Morgan fingerprint density at radius 1 is 0.259 bits per heavy atom. The van der Waals surface area contributed by atoms with Crippen molar-refractivity contribution in [2.75, 3.05) is 13.2 Å². The molecule has 1 unspecified atom stereocenters. The Kier molecular flexibility index (Phi) is 66.2. The van der Waals surface area contributed by atoms with E-state index in [1.54, 1.807) is 0 Å². The van der Waals surface area contributed by atoms with Gasteiger partial charge in [0.2, 0.25) is 0 Å². The molecule has 0 aromatic carbocycles. The third-order valence-corrected chi connectivity index (χ3v) is 15.4. The first kappa shape index (κ1) is 77.6. The van der Waals surface area contributed by atoms with Gasteiger partial charge in [-0.3, -0.25) is 14.4 Å². The zero-order chi connectivity index (χ0) is 58.5. The highest BCUT2D eigenvalue weighted by molar-refractivity contribution is 5.71. The van der Waals surface area contributed by atoms with E-state index in [0.29, 0.717) is 19.3 Å². The average Bonchev–Trinajstić information content (AvgIpc) is 3.47. The molecule has 0 fully saturated rings. The third kappa shape index (κ3) is 67.3. The Morgan fingerprint density at radius 2 is 0.481 bits per heavy atom. The largest absolute Gasteiger partial charge is 0.462 e. The van der Waals surface area contributed by atoms with Crippen molar-refractivity contribution in [3.8, 4) is 0 Å². The fourth-order valence-corrected chi connectivity index (χ4v) is 10.2. The molecule has 1 atom stereocenters. The van der Waals surface area contributed by atoms with Crippen molar-refractivity contribution in [2.45, 2.75) is 361 Å². The van der Waals surface area contributed by atoms with E-state index in [9.17, 15) is 14.4 Å². The summed E-state index contributed by atoms with van der Waals surface area (Å²) in [4.78, 5) is 38.3. The molecule has 0 rings (SSSR count). The van der Waals surface area contributed by atoms with E-state index in [4.69, 9.17) is 14.2 Å². The van der Waals surface area contributed by atoms with Gasteiger partial charge in [0, 0.05) is 19.3 Å². The molecule has 6 nitrogen and oxygen atoms in total. The van der Waals surface area contributed by atoms with Gasteiger partial charge in [-0.2, -0.15) is 0 Å². The molecule has 0 spiro atoms. The summed E-state index contributed by atoms with van der Waals surface area (Å²) < 4.78 is 16.9. The first-order chi connectivity index (χ1) is 40.0. The Morgan fingerprint density at radius 3 is 0.765 bits per heavy atom. The number of rotatable bonds is 64. The van der Waals surface area contributed by atoms with E-state index >= 15 is 0 Å². The number of hydrogen-bond donors (Lipinski definition) is 0. The Bertz CT molecular complexity index is 1530. The first-order valence-corrected chi connectivity index (χ1v) is 35.1. The molecule has 6 heteroatoms. The van der Waals surface area contributed by atoms with Crippen molar-refractivity contribution >= 4 is 17.9 Å². The van der Waals surface area contributed by atoms with Crippen LogP contribution in [0.5, 0.6) is 0 Å². The zero-order valence-corrected chi connectivity index (χ0v) is 53.8. The molecule has 0 amide bonds. The summed E-state index contributed by atoms with van der Waals surface area (Å²) in [5.74, 6) is -0.902. The number of carbonyl (C=O) groups is 3. The fourth-order valence-electron chi connectivity index (χ4n) is 10.2. The van der Waals surface area contributed by atoms with Crippen molar-refractivity contribution < 1.29 is 28.6 Å². The molecule has 0 N–H and O–H groups in total. The highest BCUT2D eigenvalue weighted by atomic mass is 16.6. The van der Waals surface area contributed by atoms with Gasteiger partial charge in [0.15, 0.2) is 6.10 Å². The van der Waals surface area contributed by atoms with Crippen LogP contribution in [0.15, 0.2) is 85.1 Å². The highest BCUT2D eigenvalue weighted by Crippen LogP contribution is 2.18. The van der Waals surface area contributed by atoms with Crippen LogP contribution in [0.2, 0.25) is 0 Å². The topological polar surface area (TPSA) is 78.9 Å². The second-order valence-electron chi connectivity index (χ2n) is 23.4. The molecule has 0 bridgehead atoms. The summed E-state index contributed by atoms with van der Waals surface area (Å²) in [6.45, 7) is 6.52. The van der Waals surface area contributed by atoms with E-state index in [2.05, 4.69) is 106 Å². The smallest absolute Gasteiger partial charge is 0.306 e. The van der Waals surface area contributed by atoms with Crippen LogP contribution in [0, 0.1) is 0 Å². The van der Waals surface area contributed by atoms with Gasteiger partial charge in [-0.25, -0.2) is 0 Å². The van der Waals surface area contributed by atoms with Gasteiger partial charge in [0.25, 0.3) is 0 Å². The van der Waals surface area contributed by atoms with Crippen molar-refractivity contribution in [3.05, 3.63) is 85.1 Å². The molecule has 81 heavy (non-hydrogen) atoms. The van der Waals surface area contributed by atoms with Crippen LogP contribution in [0.4, 0.5) is 0 Å². The van der Waals surface area contributed by atoms with E-state index in [-0.39, 0.29) is 31.1 Å². The predicted octanol–water partition coefficient (Wildman–Crippen LogP) is 24.2. The van der Waals surface area contributed by atoms with E-state index in [1.165, 1.54) is 212 Å². The lowest BCUT2D eigenvalue weighted by Gasteiger charge is -2.18. The summed E-state index contributed by atoms with van der Waals surface area (Å²) in [6.07, 6.45) is 92.0. The lowest BCUT2D eigenvalue weighted by Crippen LogP contribution is -2.30. The van der Waals surface area contributed by atoms with Crippen molar-refractivity contribution in [1.82, 2.24) is 0 Å². The number of esters is 3. The highest BCUT2D eigenvalue weighted by Gasteiger charge is 2.19. The molecule has 0 heterocycles. The van der Waals surface area contributed by atoms with Gasteiger partial charge in [0.05, 0.1) is 0 Å². The van der Waals surface area contributed by atoms with Crippen LogP contribution < -0.4 is 0 Å². The fraction of sp³-hybridized carbons (Fsp3) is 0.773. The van der Waals surface area contributed by atoms with Crippen LogP contribution in [0.25, 0.3) is 0 Å². The van der Waals surface area contributed by atoms with Crippen LogP contribution in [-0.2, 0) is 28.6 Å². The number of ether oxygens (including phenoxy) is 3. The molecule has 0 aliphatic carbocycles. The van der Waals surface area contributed by atoms with Gasteiger partial charge >= 0.3 is 17.9 Å². The minimum absolute atomic E-state index is 0.0857. The Balaban J connectivity index is 4.15. The van der Waals surface area contributed by atoms with Crippen molar-refractivity contribution in [1.29, 1.82) is 0 Å². The Labute approximate surface area is 503 Å². The molecule has 468 valence electrons. The molecule has 0 radical (unpaired) electrons. The van der Waals surface area contributed by atoms with Gasteiger partial charge < -0.3 is 14.2 Å². The quantitative estimate of drug-likeness (QED) is 0.0261. The van der Waals surface area contributed by atoms with Crippen LogP contribution >= 0.6 is 0 Å². The molecule has 0 aliphatic heterocycles. The SMILES string of the molecule is CC/C=C\C/C=C\C/C=C\C/C=C\C/C=C\CCCCCC(=O)OC(COC(=O)CCCCCCCCCCCCC)COC(=O)CCCCCCCCCCCCCCCCCCCCCCC/C=C\C/C=C\CCCCCCC. The second kappa shape index (κ2) is 69.1. The minimum Gasteiger partial charge on any atom is -0.462 e.